The molecule has 0 bridgehead atoms. The Bertz CT molecular complexity index is 304. The van der Waals surface area contributed by atoms with Gasteiger partial charge in [-0.3, -0.25) is 5.01 Å². The normalized spacial score (nSPS) is 15.6. The van der Waals surface area contributed by atoms with Crippen molar-refractivity contribution in [1.82, 2.24) is 5.43 Å². The van der Waals surface area contributed by atoms with Crippen LogP contribution in [-0.2, 0) is 0 Å². The molecule has 0 amide bonds. The molecule has 1 aromatic rings. The molecule has 1 heterocycles. The number of rotatable bonds is 1. The third-order valence-corrected chi connectivity index (χ3v) is 1.91. The lowest BCUT2D eigenvalue weighted by Gasteiger charge is -2.16. The van der Waals surface area contributed by atoms with E-state index in [9.17, 15) is 0 Å². The summed E-state index contributed by atoms with van der Waals surface area (Å²) in [4.78, 5) is 0. The molecule has 1 N–H and O–H groups in total. The van der Waals surface area contributed by atoms with E-state index in [0.29, 0.717) is 0 Å². The Hall–Kier alpha value is -1.28. The summed E-state index contributed by atoms with van der Waals surface area (Å²) < 4.78 is 0. The molecule has 0 aliphatic carbocycles. The summed E-state index contributed by atoms with van der Waals surface area (Å²) in [6.07, 6.45) is 4.15. The Morgan fingerprint density at radius 3 is 3.00 bits per heavy atom. The second kappa shape index (κ2) is 2.99. The van der Waals surface area contributed by atoms with Gasteiger partial charge in [0.15, 0.2) is 0 Å². The average molecular weight is 160 g/mol. The van der Waals surface area contributed by atoms with E-state index in [1.165, 1.54) is 11.3 Å². The van der Waals surface area contributed by atoms with Crippen molar-refractivity contribution in [2.24, 2.45) is 0 Å². The highest BCUT2D eigenvalue weighted by atomic mass is 15.5. The molecule has 0 aromatic heterocycles. The molecule has 1 aliphatic rings. The van der Waals surface area contributed by atoms with Crippen molar-refractivity contribution in [3.8, 4) is 0 Å². The molecule has 0 spiro atoms. The van der Waals surface area contributed by atoms with Crippen molar-refractivity contribution < 1.29 is 0 Å². The van der Waals surface area contributed by atoms with E-state index in [2.05, 4.69) is 48.9 Å². The Labute approximate surface area is 72.5 Å². The van der Waals surface area contributed by atoms with Crippen molar-refractivity contribution >= 4 is 5.69 Å². The van der Waals surface area contributed by atoms with Gasteiger partial charge in [-0.2, -0.15) is 0 Å². The molecule has 2 heteroatoms. The highest BCUT2D eigenvalue weighted by Gasteiger charge is 2.04. The zero-order valence-corrected chi connectivity index (χ0v) is 7.12. The molecule has 2 rings (SSSR count). The lowest BCUT2D eigenvalue weighted by molar-refractivity contribution is 0.814. The van der Waals surface area contributed by atoms with Crippen LogP contribution >= 0.6 is 0 Å². The summed E-state index contributed by atoms with van der Waals surface area (Å²) in [7, 11) is 0. The fourth-order valence-electron chi connectivity index (χ4n) is 1.32. The van der Waals surface area contributed by atoms with Crippen LogP contribution in [0.25, 0.3) is 0 Å². The van der Waals surface area contributed by atoms with Gasteiger partial charge in [0.25, 0.3) is 0 Å². The first kappa shape index (κ1) is 7.37. The quantitative estimate of drug-likeness (QED) is 0.674. The van der Waals surface area contributed by atoms with E-state index in [-0.39, 0.29) is 0 Å². The fourth-order valence-corrected chi connectivity index (χ4v) is 1.32. The van der Waals surface area contributed by atoms with E-state index in [0.717, 1.165) is 6.54 Å². The molecule has 0 saturated carbocycles. The highest BCUT2D eigenvalue weighted by Crippen LogP contribution is 2.15. The maximum Gasteiger partial charge on any atom is 0.0573 e. The second-order valence-corrected chi connectivity index (χ2v) is 2.96. The topological polar surface area (TPSA) is 15.3 Å². The summed E-state index contributed by atoms with van der Waals surface area (Å²) in [6, 6.07) is 8.42. The third kappa shape index (κ3) is 1.34. The van der Waals surface area contributed by atoms with Gasteiger partial charge in [0.2, 0.25) is 0 Å². The Kier molecular flexibility index (Phi) is 1.84. The van der Waals surface area contributed by atoms with Crippen LogP contribution < -0.4 is 10.4 Å². The molecule has 0 saturated heterocycles. The Balaban J connectivity index is 2.27. The van der Waals surface area contributed by atoms with Crippen LogP contribution in [0, 0.1) is 6.92 Å². The van der Waals surface area contributed by atoms with Gasteiger partial charge < -0.3 is 0 Å². The van der Waals surface area contributed by atoms with Gasteiger partial charge in [0, 0.05) is 12.7 Å². The summed E-state index contributed by atoms with van der Waals surface area (Å²) in [6.45, 7) is 3.03. The number of hydrogen-bond acceptors (Lipinski definition) is 2. The number of benzene rings is 1. The number of nitrogens with one attached hydrogen (secondary N) is 1. The largest absolute Gasteiger partial charge is 0.284 e. The first-order valence-electron chi connectivity index (χ1n) is 4.12. The van der Waals surface area contributed by atoms with E-state index in [1.807, 2.05) is 5.01 Å². The van der Waals surface area contributed by atoms with E-state index in [4.69, 9.17) is 0 Å². The summed E-state index contributed by atoms with van der Waals surface area (Å²) in [5.74, 6) is 0. The van der Waals surface area contributed by atoms with Crippen LogP contribution in [0.1, 0.15) is 5.56 Å². The third-order valence-electron chi connectivity index (χ3n) is 1.91. The van der Waals surface area contributed by atoms with Crippen LogP contribution in [0.2, 0.25) is 0 Å². The first-order valence-corrected chi connectivity index (χ1v) is 4.12. The molecule has 0 atom stereocenters. The number of nitrogens with zero attached hydrogens (tertiary/aromatic N) is 1. The smallest absolute Gasteiger partial charge is 0.0573 e. The summed E-state index contributed by atoms with van der Waals surface area (Å²) in [5, 5.41) is 2.03. The van der Waals surface area contributed by atoms with Crippen LogP contribution in [0.15, 0.2) is 36.5 Å². The summed E-state index contributed by atoms with van der Waals surface area (Å²) in [5.41, 5.74) is 5.71. The predicted molar refractivity (Wildman–Crippen MR) is 50.8 cm³/mol. The lowest BCUT2D eigenvalue weighted by Crippen LogP contribution is -2.28. The zero-order valence-electron chi connectivity index (χ0n) is 7.12. The number of aryl methyl sites for hydroxylation is 1. The van der Waals surface area contributed by atoms with Crippen molar-refractivity contribution in [1.29, 1.82) is 0 Å². The molecule has 62 valence electrons. The molecular weight excluding hydrogens is 148 g/mol. The molecular formula is C10H12N2. The Morgan fingerprint density at radius 1 is 1.42 bits per heavy atom. The Morgan fingerprint density at radius 2 is 2.33 bits per heavy atom. The molecule has 0 radical (unpaired) electrons. The van der Waals surface area contributed by atoms with Gasteiger partial charge in [-0.15, -0.1) is 0 Å². The fraction of sp³-hybridized carbons (Fsp3) is 0.200. The van der Waals surface area contributed by atoms with Gasteiger partial charge in [0.1, 0.15) is 0 Å². The minimum atomic E-state index is 0.925. The molecule has 12 heavy (non-hydrogen) atoms. The minimum Gasteiger partial charge on any atom is -0.284 e. The van der Waals surface area contributed by atoms with Crippen LogP contribution in [0.3, 0.4) is 0 Å². The standard InChI is InChI=1S/C10H12N2/c1-9-4-2-5-10(8-9)12-7-3-6-11-12/h2-5,7-8,11H,6H2,1H3. The minimum absolute atomic E-state index is 0.925. The first-order chi connectivity index (χ1) is 5.86. The van der Waals surface area contributed by atoms with Crippen LogP contribution in [0.4, 0.5) is 5.69 Å². The van der Waals surface area contributed by atoms with Gasteiger partial charge in [0.05, 0.1) is 5.69 Å². The maximum absolute atomic E-state index is 3.22. The van der Waals surface area contributed by atoms with E-state index in [1.54, 1.807) is 0 Å². The van der Waals surface area contributed by atoms with Gasteiger partial charge in [-0.25, -0.2) is 5.43 Å². The maximum atomic E-state index is 3.22. The van der Waals surface area contributed by atoms with Crippen LogP contribution in [-0.4, -0.2) is 6.54 Å². The number of hydrogen-bond donors (Lipinski definition) is 1. The van der Waals surface area contributed by atoms with E-state index < -0.39 is 0 Å². The monoisotopic (exact) mass is 160 g/mol. The zero-order chi connectivity index (χ0) is 8.39. The summed E-state index contributed by atoms with van der Waals surface area (Å²) >= 11 is 0. The van der Waals surface area contributed by atoms with Gasteiger partial charge >= 0.3 is 0 Å². The second-order valence-electron chi connectivity index (χ2n) is 2.96. The molecule has 0 fully saturated rings. The van der Waals surface area contributed by atoms with Crippen molar-refractivity contribution in [2.75, 3.05) is 11.6 Å². The molecule has 1 aromatic carbocycles. The number of hydrazine groups is 1. The van der Waals surface area contributed by atoms with Crippen LogP contribution in [0.5, 0.6) is 0 Å². The van der Waals surface area contributed by atoms with Crippen molar-refractivity contribution in [2.45, 2.75) is 6.92 Å². The van der Waals surface area contributed by atoms with Crippen molar-refractivity contribution in [3.63, 3.8) is 0 Å². The number of anilines is 1. The van der Waals surface area contributed by atoms with Crippen molar-refractivity contribution in [3.05, 3.63) is 42.1 Å². The SMILES string of the molecule is Cc1cccc(N2C=CCN2)c1. The van der Waals surface area contributed by atoms with Gasteiger partial charge in [-0.1, -0.05) is 18.2 Å². The predicted octanol–water partition coefficient (Wildman–Crippen LogP) is 1.83. The molecule has 0 unspecified atom stereocenters. The van der Waals surface area contributed by atoms with Gasteiger partial charge in [-0.05, 0) is 24.6 Å². The lowest BCUT2D eigenvalue weighted by atomic mass is 10.2. The molecule has 1 aliphatic heterocycles. The average Bonchev–Trinajstić information content (AvgIpc) is 2.56. The molecule has 2 nitrogen and oxygen atoms in total. The highest BCUT2D eigenvalue weighted by molar-refractivity contribution is 5.50. The van der Waals surface area contributed by atoms with E-state index >= 15 is 0 Å².